The molecule has 0 bridgehead atoms. The van der Waals surface area contributed by atoms with Crippen LogP contribution in [0.15, 0.2) is 0 Å². The maximum Gasteiger partial charge on any atom is 0.306 e. The van der Waals surface area contributed by atoms with Crippen molar-refractivity contribution in [2.45, 2.75) is 116 Å². The van der Waals surface area contributed by atoms with Crippen LogP contribution in [-0.4, -0.2) is 23.0 Å². The molecule has 0 heterocycles. The molecule has 25 heavy (non-hydrogen) atoms. The number of carbonyl (C=O) groups is 2. The summed E-state index contributed by atoms with van der Waals surface area (Å²) >= 11 is 0. The lowest BCUT2D eigenvalue weighted by Gasteiger charge is -2.32. The van der Waals surface area contributed by atoms with Gasteiger partial charge in [-0.25, -0.2) is 0 Å². The molecule has 0 spiro atoms. The molecule has 146 valence electrons. The van der Waals surface area contributed by atoms with Crippen LogP contribution in [0.25, 0.3) is 0 Å². The second kappa shape index (κ2) is 14.1. The van der Waals surface area contributed by atoms with E-state index in [1.165, 1.54) is 70.6 Å². The molecule has 0 aliphatic heterocycles. The first-order chi connectivity index (χ1) is 12.1. The molecule has 1 amide bonds. The van der Waals surface area contributed by atoms with Gasteiger partial charge in [-0.1, -0.05) is 84.0 Å². The van der Waals surface area contributed by atoms with Crippen molar-refractivity contribution < 1.29 is 14.7 Å². The van der Waals surface area contributed by atoms with Gasteiger partial charge >= 0.3 is 5.97 Å². The normalized spacial score (nSPS) is 19.4. The van der Waals surface area contributed by atoms with Crippen LogP contribution < -0.4 is 5.32 Å². The summed E-state index contributed by atoms with van der Waals surface area (Å²) in [5, 5.41) is 11.8. The van der Waals surface area contributed by atoms with Gasteiger partial charge in [0.1, 0.15) is 0 Å². The molecule has 0 atom stereocenters. The lowest BCUT2D eigenvalue weighted by Crippen LogP contribution is -2.46. The first-order valence-electron chi connectivity index (χ1n) is 10.7. The highest BCUT2D eigenvalue weighted by atomic mass is 16.4. The number of hydrogen-bond acceptors (Lipinski definition) is 2. The number of carboxylic acid groups (broad SMARTS) is 1. The number of unbranched alkanes of at least 4 members (excludes halogenated alkanes) is 12. The topological polar surface area (TPSA) is 66.4 Å². The quantitative estimate of drug-likeness (QED) is 0.363. The second-order valence-corrected chi connectivity index (χ2v) is 7.76. The largest absolute Gasteiger partial charge is 0.481 e. The summed E-state index contributed by atoms with van der Waals surface area (Å²) in [6, 6.07) is 0.0931. The van der Waals surface area contributed by atoms with Crippen LogP contribution in [0.2, 0.25) is 0 Å². The summed E-state index contributed by atoms with van der Waals surface area (Å²) in [5.41, 5.74) is 0. The van der Waals surface area contributed by atoms with Gasteiger partial charge in [0.25, 0.3) is 0 Å². The van der Waals surface area contributed by atoms with E-state index in [9.17, 15) is 9.59 Å². The van der Waals surface area contributed by atoms with Crippen molar-refractivity contribution in [1.82, 2.24) is 5.32 Å². The Morgan fingerprint density at radius 2 is 1.24 bits per heavy atom. The zero-order valence-corrected chi connectivity index (χ0v) is 16.2. The number of carboxylic acids is 1. The minimum atomic E-state index is -0.734. The molecule has 1 rings (SSSR count). The minimum absolute atomic E-state index is 0.0931. The van der Waals surface area contributed by atoms with Crippen molar-refractivity contribution in [3.63, 3.8) is 0 Å². The number of aliphatic carboxylic acids is 1. The first kappa shape index (κ1) is 22.0. The van der Waals surface area contributed by atoms with E-state index in [1.807, 2.05) is 0 Å². The molecule has 0 aromatic heterocycles. The van der Waals surface area contributed by atoms with Crippen molar-refractivity contribution >= 4 is 11.9 Å². The van der Waals surface area contributed by atoms with Crippen LogP contribution >= 0.6 is 0 Å². The molecule has 1 aliphatic carbocycles. The number of rotatable bonds is 16. The van der Waals surface area contributed by atoms with Crippen molar-refractivity contribution in [2.24, 2.45) is 5.92 Å². The fraction of sp³-hybridized carbons (Fsp3) is 0.905. The highest BCUT2D eigenvalue weighted by Gasteiger charge is 2.34. The summed E-state index contributed by atoms with van der Waals surface area (Å²) in [5.74, 6) is -0.888. The van der Waals surface area contributed by atoms with Gasteiger partial charge < -0.3 is 10.4 Å². The molecule has 0 aromatic rings. The van der Waals surface area contributed by atoms with E-state index in [0.29, 0.717) is 19.3 Å². The van der Waals surface area contributed by atoms with Crippen LogP contribution in [-0.2, 0) is 9.59 Å². The van der Waals surface area contributed by atoms with Crippen molar-refractivity contribution in [3.8, 4) is 0 Å². The third-order valence-electron chi connectivity index (χ3n) is 5.36. The number of hydrogen-bond donors (Lipinski definition) is 2. The van der Waals surface area contributed by atoms with Gasteiger partial charge in [-0.2, -0.15) is 0 Å². The fourth-order valence-corrected chi connectivity index (χ4v) is 3.54. The standard InChI is InChI=1S/C21H39NO3/c1-2-3-4-5-6-7-8-9-10-11-12-13-14-15-20(23)22-19-16-18(17-19)21(24)25/h18-19H,2-17H2,1H3,(H,22,23)(H,24,25). The predicted molar refractivity (Wildman–Crippen MR) is 103 cm³/mol. The molecule has 0 saturated heterocycles. The summed E-state index contributed by atoms with van der Waals surface area (Å²) < 4.78 is 0. The van der Waals surface area contributed by atoms with E-state index in [0.717, 1.165) is 12.8 Å². The van der Waals surface area contributed by atoms with E-state index >= 15 is 0 Å². The maximum atomic E-state index is 11.8. The van der Waals surface area contributed by atoms with Gasteiger partial charge in [0.15, 0.2) is 0 Å². The van der Waals surface area contributed by atoms with Gasteiger partial charge in [0.05, 0.1) is 5.92 Å². The molecule has 0 unspecified atom stereocenters. The van der Waals surface area contributed by atoms with Crippen molar-refractivity contribution in [1.29, 1.82) is 0 Å². The lowest BCUT2D eigenvalue weighted by molar-refractivity contribution is -0.146. The van der Waals surface area contributed by atoms with E-state index in [4.69, 9.17) is 5.11 Å². The fourth-order valence-electron chi connectivity index (χ4n) is 3.54. The molecule has 4 nitrogen and oxygen atoms in total. The van der Waals surface area contributed by atoms with Gasteiger partial charge in [0.2, 0.25) is 5.91 Å². The Kier molecular flexibility index (Phi) is 12.4. The minimum Gasteiger partial charge on any atom is -0.481 e. The molecule has 0 radical (unpaired) electrons. The van der Waals surface area contributed by atoms with Gasteiger partial charge in [-0.3, -0.25) is 9.59 Å². The SMILES string of the molecule is CCCCCCCCCCCCCCCC(=O)NC1CC(C(=O)O)C1. The van der Waals surface area contributed by atoms with Crippen LogP contribution in [0.5, 0.6) is 0 Å². The van der Waals surface area contributed by atoms with E-state index in [2.05, 4.69) is 12.2 Å². The number of carbonyl (C=O) groups excluding carboxylic acids is 1. The molecule has 2 N–H and O–H groups in total. The number of amides is 1. The van der Waals surface area contributed by atoms with Crippen LogP contribution in [0.4, 0.5) is 0 Å². The molecular weight excluding hydrogens is 314 g/mol. The Balaban J connectivity index is 1.77. The average Bonchev–Trinajstić information content (AvgIpc) is 2.54. The average molecular weight is 354 g/mol. The van der Waals surface area contributed by atoms with E-state index in [1.54, 1.807) is 0 Å². The first-order valence-corrected chi connectivity index (χ1v) is 10.7. The smallest absolute Gasteiger partial charge is 0.306 e. The summed E-state index contributed by atoms with van der Waals surface area (Å²) in [6.45, 7) is 2.26. The molecule has 1 fully saturated rings. The van der Waals surface area contributed by atoms with Crippen LogP contribution in [0.3, 0.4) is 0 Å². The summed E-state index contributed by atoms with van der Waals surface area (Å²) in [7, 11) is 0. The molecular formula is C21H39NO3. The second-order valence-electron chi connectivity index (χ2n) is 7.76. The summed E-state index contributed by atoms with van der Waals surface area (Å²) in [4.78, 5) is 22.5. The van der Waals surface area contributed by atoms with Crippen LogP contribution in [0, 0.1) is 5.92 Å². The monoisotopic (exact) mass is 353 g/mol. The van der Waals surface area contributed by atoms with Gasteiger partial charge in [0, 0.05) is 12.5 Å². The third kappa shape index (κ3) is 11.2. The van der Waals surface area contributed by atoms with Crippen molar-refractivity contribution in [2.75, 3.05) is 0 Å². The van der Waals surface area contributed by atoms with Gasteiger partial charge in [-0.05, 0) is 19.3 Å². The Morgan fingerprint density at radius 3 is 1.68 bits per heavy atom. The highest BCUT2D eigenvalue weighted by molar-refractivity contribution is 5.77. The third-order valence-corrected chi connectivity index (χ3v) is 5.36. The Morgan fingerprint density at radius 1 is 0.800 bits per heavy atom. The molecule has 4 heteroatoms. The maximum absolute atomic E-state index is 11.8. The zero-order valence-electron chi connectivity index (χ0n) is 16.2. The molecule has 1 saturated carbocycles. The van der Waals surface area contributed by atoms with Crippen molar-refractivity contribution in [3.05, 3.63) is 0 Å². The highest BCUT2D eigenvalue weighted by Crippen LogP contribution is 2.27. The van der Waals surface area contributed by atoms with Crippen LogP contribution in [0.1, 0.15) is 110 Å². The van der Waals surface area contributed by atoms with E-state index < -0.39 is 5.97 Å². The Labute approximate surface area is 154 Å². The number of nitrogens with one attached hydrogen (secondary N) is 1. The molecule has 0 aromatic carbocycles. The van der Waals surface area contributed by atoms with Gasteiger partial charge in [-0.15, -0.1) is 0 Å². The summed E-state index contributed by atoms with van der Waals surface area (Å²) in [6.07, 6.45) is 18.8. The Bertz CT molecular complexity index is 364. The zero-order chi connectivity index (χ0) is 18.3. The predicted octanol–water partition coefficient (Wildman–Crippen LogP) is 5.45. The lowest BCUT2D eigenvalue weighted by atomic mass is 9.80. The molecule has 1 aliphatic rings. The van der Waals surface area contributed by atoms with E-state index in [-0.39, 0.29) is 17.9 Å². The Hall–Kier alpha value is -1.06.